The van der Waals surface area contributed by atoms with E-state index >= 15 is 0 Å². The molecule has 15 heavy (non-hydrogen) atoms. The Bertz CT molecular complexity index is 316. The molecule has 0 bridgehead atoms. The highest BCUT2D eigenvalue weighted by atomic mass is 19.4. The van der Waals surface area contributed by atoms with E-state index in [0.29, 0.717) is 12.5 Å². The summed E-state index contributed by atoms with van der Waals surface area (Å²) in [6.45, 7) is 4.43. The Hall–Kier alpha value is -1.59. The molecular weight excluding hydrogens is 211 g/mol. The van der Waals surface area contributed by atoms with Crippen LogP contribution in [0.4, 0.5) is 13.2 Å². The summed E-state index contributed by atoms with van der Waals surface area (Å²) in [7, 11) is 0. The minimum Gasteiger partial charge on any atom is -0.258 e. The van der Waals surface area contributed by atoms with Gasteiger partial charge in [0.05, 0.1) is 10.5 Å². The Kier molecular flexibility index (Phi) is 4.77. The van der Waals surface area contributed by atoms with Crippen molar-refractivity contribution in [3.8, 4) is 0 Å². The van der Waals surface area contributed by atoms with Crippen LogP contribution >= 0.6 is 0 Å². The lowest BCUT2D eigenvalue weighted by atomic mass is 10.2. The van der Waals surface area contributed by atoms with Crippen molar-refractivity contribution in [2.24, 2.45) is 0 Å². The highest BCUT2D eigenvalue weighted by molar-refractivity contribution is 5.26. The quantitative estimate of drug-likeness (QED) is 0.415. The van der Waals surface area contributed by atoms with Gasteiger partial charge in [0.2, 0.25) is 0 Å². The zero-order valence-electron chi connectivity index (χ0n) is 8.04. The summed E-state index contributed by atoms with van der Waals surface area (Å²) in [6, 6.07) is 0. The number of hydrogen-bond acceptors (Lipinski definition) is 2. The number of hydrogen-bond donors (Lipinski definition) is 0. The molecule has 6 heteroatoms. The van der Waals surface area contributed by atoms with Crippen LogP contribution in [0.25, 0.3) is 0 Å². The SMILES string of the molecule is C=C(/C=C(\C=C/CC)[N+](=O)[O-])C(F)(F)F. The van der Waals surface area contributed by atoms with Gasteiger partial charge in [-0.2, -0.15) is 13.2 Å². The minimum atomic E-state index is -4.64. The fraction of sp³-hybridized carbons (Fsp3) is 0.333. The van der Waals surface area contributed by atoms with Crippen molar-refractivity contribution in [1.29, 1.82) is 0 Å². The van der Waals surface area contributed by atoms with Crippen LogP contribution in [0, 0.1) is 10.1 Å². The topological polar surface area (TPSA) is 43.1 Å². The van der Waals surface area contributed by atoms with Gasteiger partial charge in [-0.05, 0) is 6.42 Å². The molecule has 0 spiro atoms. The van der Waals surface area contributed by atoms with E-state index in [1.165, 1.54) is 6.08 Å². The summed E-state index contributed by atoms with van der Waals surface area (Å²) in [6.07, 6.45) is -1.30. The van der Waals surface area contributed by atoms with Crippen LogP contribution < -0.4 is 0 Å². The predicted molar refractivity (Wildman–Crippen MR) is 49.7 cm³/mol. The van der Waals surface area contributed by atoms with Gasteiger partial charge < -0.3 is 0 Å². The van der Waals surface area contributed by atoms with Gasteiger partial charge in [-0.25, -0.2) is 0 Å². The first-order chi connectivity index (χ1) is 6.79. The fourth-order valence-electron chi connectivity index (χ4n) is 0.661. The lowest BCUT2D eigenvalue weighted by molar-refractivity contribution is -0.419. The molecule has 0 amide bonds. The minimum absolute atomic E-state index is 0.409. The Morgan fingerprint density at radius 1 is 1.53 bits per heavy atom. The molecule has 0 aromatic rings. The Balaban J connectivity index is 4.93. The molecule has 0 saturated carbocycles. The van der Waals surface area contributed by atoms with Gasteiger partial charge in [0.15, 0.2) is 0 Å². The molecule has 0 N–H and O–H groups in total. The molecule has 0 aromatic carbocycles. The first-order valence-electron chi connectivity index (χ1n) is 4.07. The highest BCUT2D eigenvalue weighted by Gasteiger charge is 2.31. The van der Waals surface area contributed by atoms with Crippen LogP contribution in [0.5, 0.6) is 0 Å². The summed E-state index contributed by atoms with van der Waals surface area (Å²) in [5, 5.41) is 10.3. The van der Waals surface area contributed by atoms with E-state index in [1.54, 1.807) is 6.92 Å². The first-order valence-corrected chi connectivity index (χ1v) is 4.07. The normalized spacial score (nSPS) is 13.2. The molecule has 0 radical (unpaired) electrons. The molecule has 0 rings (SSSR count). The number of halogens is 3. The molecule has 0 aliphatic carbocycles. The van der Waals surface area contributed by atoms with Crippen LogP contribution in [-0.2, 0) is 0 Å². The van der Waals surface area contributed by atoms with Gasteiger partial charge in [0.1, 0.15) is 0 Å². The second-order valence-corrected chi connectivity index (χ2v) is 2.66. The van der Waals surface area contributed by atoms with Gasteiger partial charge in [-0.3, -0.25) is 10.1 Å². The van der Waals surface area contributed by atoms with Gasteiger partial charge in [-0.15, -0.1) is 0 Å². The molecule has 3 nitrogen and oxygen atoms in total. The van der Waals surface area contributed by atoms with E-state index in [2.05, 4.69) is 6.58 Å². The zero-order chi connectivity index (χ0) is 12.1. The Morgan fingerprint density at radius 3 is 2.40 bits per heavy atom. The van der Waals surface area contributed by atoms with Gasteiger partial charge in [0, 0.05) is 12.2 Å². The van der Waals surface area contributed by atoms with Gasteiger partial charge in [0.25, 0.3) is 5.70 Å². The predicted octanol–water partition coefficient (Wildman–Crippen LogP) is 3.23. The summed E-state index contributed by atoms with van der Waals surface area (Å²) < 4.78 is 36.0. The molecule has 0 aromatic heterocycles. The van der Waals surface area contributed by atoms with Crippen molar-refractivity contribution in [2.45, 2.75) is 19.5 Å². The van der Waals surface area contributed by atoms with Gasteiger partial charge in [-0.1, -0.05) is 19.6 Å². The third-order valence-corrected chi connectivity index (χ3v) is 1.42. The largest absolute Gasteiger partial charge is 0.416 e. The number of nitro groups is 1. The number of rotatable bonds is 4. The molecule has 0 unspecified atom stereocenters. The summed E-state index contributed by atoms with van der Waals surface area (Å²) in [5.74, 6) is 0. The third-order valence-electron chi connectivity index (χ3n) is 1.42. The maximum Gasteiger partial charge on any atom is 0.416 e. The molecule has 0 aliphatic heterocycles. The Labute approximate surface area is 84.7 Å². The van der Waals surface area contributed by atoms with Crippen LogP contribution in [0.2, 0.25) is 0 Å². The summed E-state index contributed by atoms with van der Waals surface area (Å²) in [4.78, 5) is 9.46. The van der Waals surface area contributed by atoms with Crippen LogP contribution in [0.3, 0.4) is 0 Å². The average Bonchev–Trinajstić information content (AvgIpc) is 2.09. The number of allylic oxidation sites excluding steroid dienone is 4. The standard InChI is InChI=1S/C9H10F3NO2/c1-3-4-5-8(13(14)15)6-7(2)9(10,11)12/h4-6H,2-3H2,1H3/b5-4-,8-6+. The summed E-state index contributed by atoms with van der Waals surface area (Å²) in [5.41, 5.74) is -1.87. The van der Waals surface area contributed by atoms with Crippen molar-refractivity contribution < 1.29 is 18.1 Å². The second kappa shape index (κ2) is 5.33. The molecular formula is C9H10F3NO2. The highest BCUT2D eigenvalue weighted by Crippen LogP contribution is 2.26. The molecule has 84 valence electrons. The molecule has 0 fully saturated rings. The van der Waals surface area contributed by atoms with E-state index in [9.17, 15) is 23.3 Å². The fourth-order valence-corrected chi connectivity index (χ4v) is 0.661. The van der Waals surface area contributed by atoms with E-state index in [0.717, 1.165) is 6.08 Å². The first kappa shape index (κ1) is 13.4. The molecule has 0 heterocycles. The maximum atomic E-state index is 12.0. The number of alkyl halides is 3. The molecule has 0 saturated heterocycles. The van der Waals surface area contributed by atoms with Crippen molar-refractivity contribution >= 4 is 0 Å². The second-order valence-electron chi connectivity index (χ2n) is 2.66. The smallest absolute Gasteiger partial charge is 0.258 e. The third kappa shape index (κ3) is 4.99. The molecule has 0 atom stereocenters. The van der Waals surface area contributed by atoms with Crippen LogP contribution in [-0.4, -0.2) is 11.1 Å². The van der Waals surface area contributed by atoms with Crippen LogP contribution in [0.1, 0.15) is 13.3 Å². The van der Waals surface area contributed by atoms with E-state index in [4.69, 9.17) is 0 Å². The van der Waals surface area contributed by atoms with E-state index in [1.807, 2.05) is 0 Å². The van der Waals surface area contributed by atoms with E-state index < -0.39 is 22.4 Å². The lowest BCUT2D eigenvalue weighted by Gasteiger charge is -2.04. The van der Waals surface area contributed by atoms with Crippen molar-refractivity contribution in [3.05, 3.63) is 46.2 Å². The zero-order valence-corrected chi connectivity index (χ0v) is 8.04. The van der Waals surface area contributed by atoms with Crippen molar-refractivity contribution in [3.63, 3.8) is 0 Å². The summed E-state index contributed by atoms with van der Waals surface area (Å²) >= 11 is 0. The lowest BCUT2D eigenvalue weighted by Crippen LogP contribution is -2.10. The average molecular weight is 221 g/mol. The van der Waals surface area contributed by atoms with Crippen molar-refractivity contribution in [2.75, 3.05) is 0 Å². The Morgan fingerprint density at radius 2 is 2.07 bits per heavy atom. The number of nitrogens with zero attached hydrogens (tertiary/aromatic N) is 1. The van der Waals surface area contributed by atoms with Crippen molar-refractivity contribution in [1.82, 2.24) is 0 Å². The maximum absolute atomic E-state index is 12.0. The molecule has 0 aliphatic rings. The monoisotopic (exact) mass is 221 g/mol. The van der Waals surface area contributed by atoms with Gasteiger partial charge >= 0.3 is 6.18 Å². The van der Waals surface area contributed by atoms with Crippen LogP contribution in [0.15, 0.2) is 36.1 Å². The van der Waals surface area contributed by atoms with E-state index in [-0.39, 0.29) is 0 Å².